The maximum atomic E-state index is 11.8. The molecule has 98 valence electrons. The van der Waals surface area contributed by atoms with Crippen molar-refractivity contribution in [3.05, 3.63) is 54.1 Å². The summed E-state index contributed by atoms with van der Waals surface area (Å²) in [5.41, 5.74) is 7.11. The molecule has 0 saturated carbocycles. The number of nitrogens with two attached hydrogens (primary N) is 1. The second-order valence-corrected chi connectivity index (χ2v) is 4.04. The lowest BCUT2D eigenvalue weighted by atomic mass is 10.1. The minimum Gasteiger partial charge on any atom is -0.493 e. The Bertz CT molecular complexity index is 564. The van der Waals surface area contributed by atoms with Crippen molar-refractivity contribution >= 4 is 11.7 Å². The third kappa shape index (κ3) is 3.48. The minimum atomic E-state index is -0.339. The number of rotatable bonds is 4. The Balaban J connectivity index is 2.03. The SMILES string of the molecule is COc1ccccc1OC(=O)Cc1ccc(N)cc1. The molecule has 0 spiro atoms. The molecule has 0 unspecified atom stereocenters. The molecule has 4 nitrogen and oxygen atoms in total. The van der Waals surface area contributed by atoms with Crippen LogP contribution >= 0.6 is 0 Å². The van der Waals surface area contributed by atoms with Crippen LogP contribution in [0.1, 0.15) is 5.56 Å². The first-order valence-corrected chi connectivity index (χ1v) is 5.87. The first-order valence-electron chi connectivity index (χ1n) is 5.87. The number of anilines is 1. The van der Waals surface area contributed by atoms with Gasteiger partial charge in [-0.2, -0.15) is 0 Å². The Kier molecular flexibility index (Phi) is 4.03. The van der Waals surface area contributed by atoms with E-state index in [9.17, 15) is 4.79 Å². The molecule has 2 N–H and O–H groups in total. The van der Waals surface area contributed by atoms with Crippen molar-refractivity contribution < 1.29 is 14.3 Å². The van der Waals surface area contributed by atoms with Crippen LogP contribution in [0.25, 0.3) is 0 Å². The van der Waals surface area contributed by atoms with Crippen molar-refractivity contribution in [3.63, 3.8) is 0 Å². The highest BCUT2D eigenvalue weighted by molar-refractivity contribution is 5.76. The molecule has 0 bridgehead atoms. The van der Waals surface area contributed by atoms with Gasteiger partial charge in [-0.3, -0.25) is 4.79 Å². The number of esters is 1. The number of hydrogen-bond donors (Lipinski definition) is 1. The number of methoxy groups -OCH3 is 1. The number of hydrogen-bond acceptors (Lipinski definition) is 4. The molecular weight excluding hydrogens is 242 g/mol. The smallest absolute Gasteiger partial charge is 0.315 e. The van der Waals surface area contributed by atoms with Crippen molar-refractivity contribution in [2.45, 2.75) is 6.42 Å². The van der Waals surface area contributed by atoms with Gasteiger partial charge in [-0.1, -0.05) is 24.3 Å². The predicted molar refractivity (Wildman–Crippen MR) is 73.2 cm³/mol. The second-order valence-electron chi connectivity index (χ2n) is 4.04. The van der Waals surface area contributed by atoms with E-state index < -0.39 is 0 Å². The predicted octanol–water partition coefficient (Wildman–Crippen LogP) is 2.43. The molecule has 0 aliphatic heterocycles. The first-order chi connectivity index (χ1) is 9.19. The van der Waals surface area contributed by atoms with Crippen LogP contribution in [0.2, 0.25) is 0 Å². The summed E-state index contributed by atoms with van der Waals surface area (Å²) in [6.45, 7) is 0. The number of ether oxygens (including phenoxy) is 2. The molecule has 19 heavy (non-hydrogen) atoms. The number of benzene rings is 2. The van der Waals surface area contributed by atoms with Gasteiger partial charge >= 0.3 is 5.97 Å². The number of para-hydroxylation sites is 2. The van der Waals surface area contributed by atoms with Gasteiger partial charge in [0.25, 0.3) is 0 Å². The van der Waals surface area contributed by atoms with Crippen molar-refractivity contribution in [1.82, 2.24) is 0 Å². The van der Waals surface area contributed by atoms with Crippen LogP contribution in [0.3, 0.4) is 0 Å². The minimum absolute atomic E-state index is 0.193. The lowest BCUT2D eigenvalue weighted by molar-refractivity contribution is -0.133. The summed E-state index contributed by atoms with van der Waals surface area (Å²) in [6, 6.07) is 14.2. The lowest BCUT2D eigenvalue weighted by Crippen LogP contribution is -2.11. The van der Waals surface area contributed by atoms with Gasteiger partial charge in [0.15, 0.2) is 11.5 Å². The zero-order chi connectivity index (χ0) is 13.7. The summed E-state index contributed by atoms with van der Waals surface area (Å²) in [6.07, 6.45) is 0.193. The molecule has 0 saturated heterocycles. The third-order valence-electron chi connectivity index (χ3n) is 2.62. The molecule has 2 aromatic carbocycles. The van der Waals surface area contributed by atoms with Gasteiger partial charge < -0.3 is 15.2 Å². The summed E-state index contributed by atoms with van der Waals surface area (Å²) in [5, 5.41) is 0. The zero-order valence-electron chi connectivity index (χ0n) is 10.6. The standard InChI is InChI=1S/C15H15NO3/c1-18-13-4-2-3-5-14(13)19-15(17)10-11-6-8-12(16)9-7-11/h2-9H,10,16H2,1H3. The van der Waals surface area contributed by atoms with Gasteiger partial charge in [-0.15, -0.1) is 0 Å². The molecule has 0 aliphatic rings. The highest BCUT2D eigenvalue weighted by atomic mass is 16.6. The Morgan fingerprint density at radius 2 is 1.68 bits per heavy atom. The summed E-state index contributed by atoms with van der Waals surface area (Å²) < 4.78 is 10.4. The van der Waals surface area contributed by atoms with E-state index >= 15 is 0 Å². The molecule has 0 fully saturated rings. The molecule has 0 amide bonds. The van der Waals surface area contributed by atoms with Crippen LogP contribution in [0, 0.1) is 0 Å². The lowest BCUT2D eigenvalue weighted by Gasteiger charge is -2.08. The average molecular weight is 257 g/mol. The van der Waals surface area contributed by atoms with Crippen molar-refractivity contribution in [3.8, 4) is 11.5 Å². The van der Waals surface area contributed by atoms with E-state index in [1.54, 1.807) is 42.5 Å². The fraction of sp³-hybridized carbons (Fsp3) is 0.133. The average Bonchev–Trinajstić information content (AvgIpc) is 2.42. The normalized spacial score (nSPS) is 9.95. The quantitative estimate of drug-likeness (QED) is 0.519. The van der Waals surface area contributed by atoms with E-state index in [1.807, 2.05) is 6.07 Å². The maximum absolute atomic E-state index is 11.8. The van der Waals surface area contributed by atoms with E-state index in [2.05, 4.69) is 0 Å². The summed E-state index contributed by atoms with van der Waals surface area (Å²) in [5.74, 6) is 0.618. The molecule has 2 aromatic rings. The van der Waals surface area contributed by atoms with Crippen molar-refractivity contribution in [2.75, 3.05) is 12.8 Å². The highest BCUT2D eigenvalue weighted by Crippen LogP contribution is 2.26. The van der Waals surface area contributed by atoms with Crippen LogP contribution in [-0.4, -0.2) is 13.1 Å². The highest BCUT2D eigenvalue weighted by Gasteiger charge is 2.10. The van der Waals surface area contributed by atoms with E-state index in [1.165, 1.54) is 7.11 Å². The second kappa shape index (κ2) is 5.91. The maximum Gasteiger partial charge on any atom is 0.315 e. The van der Waals surface area contributed by atoms with Crippen LogP contribution in [0.15, 0.2) is 48.5 Å². The van der Waals surface area contributed by atoms with Crippen molar-refractivity contribution in [2.24, 2.45) is 0 Å². The fourth-order valence-corrected chi connectivity index (χ4v) is 1.66. The van der Waals surface area contributed by atoms with Gasteiger partial charge in [-0.25, -0.2) is 0 Å². The Morgan fingerprint density at radius 1 is 1.05 bits per heavy atom. The summed E-state index contributed by atoms with van der Waals surface area (Å²) in [4.78, 5) is 11.8. The van der Waals surface area contributed by atoms with E-state index in [0.29, 0.717) is 17.2 Å². The first kappa shape index (κ1) is 13.0. The largest absolute Gasteiger partial charge is 0.493 e. The topological polar surface area (TPSA) is 61.5 Å². The number of carbonyl (C=O) groups is 1. The van der Waals surface area contributed by atoms with Gasteiger partial charge in [0, 0.05) is 5.69 Å². The summed E-state index contributed by atoms with van der Waals surface area (Å²) in [7, 11) is 1.53. The van der Waals surface area contributed by atoms with Gasteiger partial charge in [0.2, 0.25) is 0 Å². The third-order valence-corrected chi connectivity index (χ3v) is 2.62. The molecule has 2 rings (SSSR count). The van der Waals surface area contributed by atoms with E-state index in [4.69, 9.17) is 15.2 Å². The fourth-order valence-electron chi connectivity index (χ4n) is 1.66. The molecule has 0 atom stereocenters. The zero-order valence-corrected chi connectivity index (χ0v) is 10.6. The van der Waals surface area contributed by atoms with Crippen LogP contribution in [0.5, 0.6) is 11.5 Å². The van der Waals surface area contributed by atoms with Crippen LogP contribution < -0.4 is 15.2 Å². The van der Waals surface area contributed by atoms with Gasteiger partial charge in [0.05, 0.1) is 13.5 Å². The van der Waals surface area contributed by atoms with Crippen LogP contribution in [-0.2, 0) is 11.2 Å². The molecule has 0 radical (unpaired) electrons. The number of carbonyl (C=O) groups excluding carboxylic acids is 1. The Labute approximate surface area is 111 Å². The molecule has 4 heteroatoms. The number of nitrogen functional groups attached to an aromatic ring is 1. The van der Waals surface area contributed by atoms with Gasteiger partial charge in [-0.05, 0) is 29.8 Å². The Hall–Kier alpha value is -2.49. The monoisotopic (exact) mass is 257 g/mol. The molecular formula is C15H15NO3. The van der Waals surface area contributed by atoms with E-state index in [-0.39, 0.29) is 12.4 Å². The molecule has 0 heterocycles. The Morgan fingerprint density at radius 3 is 2.32 bits per heavy atom. The van der Waals surface area contributed by atoms with E-state index in [0.717, 1.165) is 5.56 Å². The van der Waals surface area contributed by atoms with Crippen LogP contribution in [0.4, 0.5) is 5.69 Å². The molecule has 0 aromatic heterocycles. The molecule has 0 aliphatic carbocycles. The summed E-state index contributed by atoms with van der Waals surface area (Å²) >= 11 is 0. The van der Waals surface area contributed by atoms with Crippen molar-refractivity contribution in [1.29, 1.82) is 0 Å². The van der Waals surface area contributed by atoms with Gasteiger partial charge in [0.1, 0.15) is 0 Å².